The molecule has 2 heterocycles. The molecule has 0 bridgehead atoms. The van der Waals surface area contributed by atoms with Crippen molar-refractivity contribution in [1.82, 2.24) is 14.8 Å². The highest BCUT2D eigenvalue weighted by Gasteiger charge is 2.14. The molecule has 21 heavy (non-hydrogen) atoms. The number of amides is 1. The summed E-state index contributed by atoms with van der Waals surface area (Å²) < 4.78 is 1.62. The zero-order chi connectivity index (χ0) is 15.0. The number of benzene rings is 1. The normalized spacial score (nSPS) is 10.8. The van der Waals surface area contributed by atoms with E-state index in [2.05, 4.69) is 15.4 Å². The smallest absolute Gasteiger partial charge is 0.259 e. The molecule has 6 heteroatoms. The lowest BCUT2D eigenvalue weighted by Crippen LogP contribution is -2.13. The molecule has 2 aromatic heterocycles. The minimum Gasteiger partial charge on any atom is -0.397 e. The van der Waals surface area contributed by atoms with Crippen molar-refractivity contribution in [3.8, 4) is 0 Å². The van der Waals surface area contributed by atoms with Crippen LogP contribution in [0.4, 0.5) is 11.4 Å². The van der Waals surface area contributed by atoms with Crippen LogP contribution in [-0.4, -0.2) is 20.7 Å². The number of pyridine rings is 1. The number of aromatic nitrogens is 3. The van der Waals surface area contributed by atoms with E-state index in [0.717, 1.165) is 5.39 Å². The van der Waals surface area contributed by atoms with Crippen LogP contribution in [0.5, 0.6) is 0 Å². The van der Waals surface area contributed by atoms with Gasteiger partial charge in [0.1, 0.15) is 0 Å². The predicted molar refractivity (Wildman–Crippen MR) is 82.1 cm³/mol. The van der Waals surface area contributed by atoms with E-state index in [1.54, 1.807) is 43.2 Å². The van der Waals surface area contributed by atoms with Gasteiger partial charge in [0.2, 0.25) is 0 Å². The molecule has 3 aromatic rings. The molecule has 0 atom stereocenters. The number of hydrogen-bond acceptors (Lipinski definition) is 4. The van der Waals surface area contributed by atoms with E-state index >= 15 is 0 Å². The molecule has 0 aliphatic heterocycles. The summed E-state index contributed by atoms with van der Waals surface area (Å²) in [5.41, 5.74) is 9.09. The van der Waals surface area contributed by atoms with Crippen LogP contribution in [0.2, 0.25) is 0 Å². The van der Waals surface area contributed by atoms with Gasteiger partial charge in [-0.2, -0.15) is 5.10 Å². The lowest BCUT2D eigenvalue weighted by Gasteiger charge is -2.09. The number of hydrogen-bond donors (Lipinski definition) is 2. The molecule has 0 aliphatic rings. The topological polar surface area (TPSA) is 85.8 Å². The second-order valence-corrected chi connectivity index (χ2v) is 4.86. The molecule has 0 spiro atoms. The zero-order valence-corrected chi connectivity index (χ0v) is 11.8. The van der Waals surface area contributed by atoms with Crippen molar-refractivity contribution in [2.75, 3.05) is 11.1 Å². The summed E-state index contributed by atoms with van der Waals surface area (Å²) in [7, 11) is 1.78. The Morgan fingerprint density at radius 1 is 1.33 bits per heavy atom. The third-order valence-electron chi connectivity index (χ3n) is 3.31. The second kappa shape index (κ2) is 4.90. The number of carbonyl (C=O) groups excluding carboxylic acids is 1. The van der Waals surface area contributed by atoms with Crippen LogP contribution in [0.15, 0.2) is 36.7 Å². The van der Waals surface area contributed by atoms with E-state index < -0.39 is 0 Å². The fourth-order valence-electron chi connectivity index (χ4n) is 2.32. The minimum atomic E-state index is -0.199. The second-order valence-electron chi connectivity index (χ2n) is 4.86. The van der Waals surface area contributed by atoms with Crippen molar-refractivity contribution >= 4 is 28.2 Å². The maximum absolute atomic E-state index is 12.4. The summed E-state index contributed by atoms with van der Waals surface area (Å²) in [5, 5.41) is 7.88. The van der Waals surface area contributed by atoms with Gasteiger partial charge in [-0.15, -0.1) is 0 Å². The minimum absolute atomic E-state index is 0.199. The van der Waals surface area contributed by atoms with Crippen molar-refractivity contribution in [3.05, 3.63) is 47.9 Å². The molecule has 0 radical (unpaired) electrons. The predicted octanol–water partition coefficient (Wildman–Crippen LogP) is 2.11. The molecule has 6 nitrogen and oxygen atoms in total. The SMILES string of the molecule is Cc1nn(C)cc1C(=O)Nc1ccc(N)c2ncccc12. The number of anilines is 2. The van der Waals surface area contributed by atoms with Crippen molar-refractivity contribution in [1.29, 1.82) is 0 Å². The molecule has 0 aliphatic carbocycles. The number of nitrogens with one attached hydrogen (secondary N) is 1. The summed E-state index contributed by atoms with van der Waals surface area (Å²) in [6.07, 6.45) is 3.37. The summed E-state index contributed by atoms with van der Waals surface area (Å²) in [6, 6.07) is 7.21. The van der Waals surface area contributed by atoms with Gasteiger partial charge in [0.05, 0.1) is 28.1 Å². The number of aryl methyl sites for hydroxylation is 2. The van der Waals surface area contributed by atoms with Gasteiger partial charge in [-0.05, 0) is 31.2 Å². The van der Waals surface area contributed by atoms with Gasteiger partial charge in [-0.25, -0.2) is 0 Å². The molecule has 3 N–H and O–H groups in total. The Morgan fingerprint density at radius 3 is 2.86 bits per heavy atom. The van der Waals surface area contributed by atoms with Crippen LogP contribution in [-0.2, 0) is 7.05 Å². The Balaban J connectivity index is 2.01. The van der Waals surface area contributed by atoms with E-state index in [1.807, 2.05) is 12.1 Å². The van der Waals surface area contributed by atoms with Gasteiger partial charge in [0.25, 0.3) is 5.91 Å². The Kier molecular flexibility index (Phi) is 3.06. The Morgan fingerprint density at radius 2 is 2.14 bits per heavy atom. The molecule has 0 unspecified atom stereocenters. The van der Waals surface area contributed by atoms with Crippen LogP contribution in [0.1, 0.15) is 16.1 Å². The van der Waals surface area contributed by atoms with Crippen LogP contribution < -0.4 is 11.1 Å². The highest BCUT2D eigenvalue weighted by atomic mass is 16.1. The van der Waals surface area contributed by atoms with Gasteiger partial charge in [-0.3, -0.25) is 14.5 Å². The van der Waals surface area contributed by atoms with E-state index in [-0.39, 0.29) is 5.91 Å². The Hall–Kier alpha value is -2.89. The van der Waals surface area contributed by atoms with E-state index in [0.29, 0.717) is 28.1 Å². The first-order valence-electron chi connectivity index (χ1n) is 6.51. The van der Waals surface area contributed by atoms with Crippen LogP contribution in [0.25, 0.3) is 10.9 Å². The van der Waals surface area contributed by atoms with Gasteiger partial charge >= 0.3 is 0 Å². The number of nitrogens with zero attached hydrogens (tertiary/aromatic N) is 3. The standard InChI is InChI=1S/C15H15N5O/c1-9-11(8-20(2)19-9)15(21)18-13-6-5-12(16)14-10(13)4-3-7-17-14/h3-8H,16H2,1-2H3,(H,18,21). The number of rotatable bonds is 2. The first-order valence-corrected chi connectivity index (χ1v) is 6.51. The fourth-order valence-corrected chi connectivity index (χ4v) is 2.32. The number of carbonyl (C=O) groups is 1. The first kappa shape index (κ1) is 13.1. The summed E-state index contributed by atoms with van der Waals surface area (Å²) in [5.74, 6) is -0.199. The zero-order valence-electron chi connectivity index (χ0n) is 11.8. The monoisotopic (exact) mass is 281 g/mol. The summed E-state index contributed by atoms with van der Waals surface area (Å²) in [6.45, 7) is 1.80. The summed E-state index contributed by atoms with van der Waals surface area (Å²) in [4.78, 5) is 16.6. The Labute approximate surface area is 121 Å². The lowest BCUT2D eigenvalue weighted by molar-refractivity contribution is 0.102. The largest absolute Gasteiger partial charge is 0.397 e. The van der Waals surface area contributed by atoms with Crippen molar-refractivity contribution in [2.45, 2.75) is 6.92 Å². The van der Waals surface area contributed by atoms with Gasteiger partial charge in [-0.1, -0.05) is 0 Å². The molecule has 1 amide bonds. The van der Waals surface area contributed by atoms with Crippen molar-refractivity contribution < 1.29 is 4.79 Å². The van der Waals surface area contributed by atoms with Gasteiger partial charge in [0, 0.05) is 24.8 Å². The first-order chi connectivity index (χ1) is 10.1. The molecule has 0 saturated carbocycles. The highest BCUT2D eigenvalue weighted by Crippen LogP contribution is 2.26. The molecule has 106 valence electrons. The number of nitrogen functional groups attached to an aromatic ring is 1. The van der Waals surface area contributed by atoms with Gasteiger partial charge < -0.3 is 11.1 Å². The van der Waals surface area contributed by atoms with E-state index in [1.165, 1.54) is 0 Å². The average Bonchev–Trinajstić information content (AvgIpc) is 2.81. The van der Waals surface area contributed by atoms with Crippen molar-refractivity contribution in [2.24, 2.45) is 7.05 Å². The molecule has 1 aromatic carbocycles. The van der Waals surface area contributed by atoms with Crippen molar-refractivity contribution in [3.63, 3.8) is 0 Å². The van der Waals surface area contributed by atoms with E-state index in [4.69, 9.17) is 5.73 Å². The molecule has 0 fully saturated rings. The summed E-state index contributed by atoms with van der Waals surface area (Å²) >= 11 is 0. The highest BCUT2D eigenvalue weighted by molar-refractivity contribution is 6.10. The molecule has 0 saturated heterocycles. The quantitative estimate of drug-likeness (QED) is 0.704. The van der Waals surface area contributed by atoms with Crippen LogP contribution in [0.3, 0.4) is 0 Å². The maximum Gasteiger partial charge on any atom is 0.259 e. The number of nitrogens with two attached hydrogens (primary N) is 1. The fraction of sp³-hybridized carbons (Fsp3) is 0.133. The third-order valence-corrected chi connectivity index (χ3v) is 3.31. The van der Waals surface area contributed by atoms with Gasteiger partial charge in [0.15, 0.2) is 0 Å². The number of fused-ring (bicyclic) bond motifs is 1. The lowest BCUT2D eigenvalue weighted by atomic mass is 10.1. The maximum atomic E-state index is 12.4. The molecular formula is C15H15N5O. The van der Waals surface area contributed by atoms with Crippen LogP contribution in [0, 0.1) is 6.92 Å². The van der Waals surface area contributed by atoms with E-state index in [9.17, 15) is 4.79 Å². The Bertz CT molecular complexity index is 837. The molecule has 3 rings (SSSR count). The third kappa shape index (κ3) is 2.31. The average molecular weight is 281 g/mol. The molecular weight excluding hydrogens is 266 g/mol. The van der Waals surface area contributed by atoms with Crippen LogP contribution >= 0.6 is 0 Å².